The minimum Gasteiger partial charge on any atom is -0.497 e. The summed E-state index contributed by atoms with van der Waals surface area (Å²) in [5, 5.41) is 2.47. The Morgan fingerprint density at radius 3 is 1.97 bits per heavy atom. The monoisotopic (exact) mass is 502 g/mol. The summed E-state index contributed by atoms with van der Waals surface area (Å²) in [5.41, 5.74) is -0.644. The van der Waals surface area contributed by atoms with Crippen molar-refractivity contribution >= 4 is 27.3 Å². The van der Waals surface area contributed by atoms with Crippen molar-refractivity contribution in [1.29, 1.82) is 0 Å². The topological polar surface area (TPSA) is 93.7 Å². The largest absolute Gasteiger partial charge is 0.497 e. The van der Waals surface area contributed by atoms with Crippen LogP contribution < -0.4 is 19.5 Å². The van der Waals surface area contributed by atoms with E-state index >= 15 is 0 Å². The Labute approximate surface area is 190 Å². The Kier molecular flexibility index (Phi) is 6.96. The lowest BCUT2D eigenvalue weighted by Gasteiger charge is -2.15. The molecule has 0 spiro atoms. The number of hydrogen-bond donors (Lipinski definition) is 2. The molecule has 1 amide bonds. The lowest BCUT2D eigenvalue weighted by atomic mass is 10.1. The van der Waals surface area contributed by atoms with Gasteiger partial charge in [-0.25, -0.2) is 30.4 Å². The third-order valence-electron chi connectivity index (χ3n) is 4.51. The molecule has 34 heavy (non-hydrogen) atoms. The number of sulfonamides is 1. The molecule has 2 N–H and O–H groups in total. The van der Waals surface area contributed by atoms with E-state index < -0.39 is 55.6 Å². The van der Waals surface area contributed by atoms with Crippen molar-refractivity contribution in [2.75, 3.05) is 24.3 Å². The van der Waals surface area contributed by atoms with Crippen LogP contribution in [0, 0.1) is 29.1 Å². The Hall–Kier alpha value is -3.87. The number of halogens is 5. The number of amides is 1. The van der Waals surface area contributed by atoms with E-state index in [4.69, 9.17) is 9.47 Å². The van der Waals surface area contributed by atoms with Gasteiger partial charge in [0, 0.05) is 6.07 Å². The van der Waals surface area contributed by atoms with Crippen LogP contribution in [0.2, 0.25) is 0 Å². The first kappa shape index (κ1) is 24.8. The summed E-state index contributed by atoms with van der Waals surface area (Å²) in [4.78, 5) is 10.7. The molecule has 0 radical (unpaired) electrons. The zero-order valence-corrected chi connectivity index (χ0v) is 18.2. The molecule has 3 rings (SSSR count). The normalized spacial score (nSPS) is 11.1. The fourth-order valence-electron chi connectivity index (χ4n) is 2.88. The summed E-state index contributed by atoms with van der Waals surface area (Å²) in [6.45, 7) is 0. The standard InChI is InChI=1S/C21H15F5N2O5S/c1-32-10-7-8-13(14(9-10)33-2)27-21(29)11-5-3-4-6-12(11)28-34(30,31)20-18(25)16(23)15(22)17(24)19(20)26/h3-9,28H,1-2H3,(H,27,29). The number of nitrogens with one attached hydrogen (secondary N) is 2. The summed E-state index contributed by atoms with van der Waals surface area (Å²) in [6.07, 6.45) is 0. The highest BCUT2D eigenvalue weighted by Gasteiger charge is 2.34. The summed E-state index contributed by atoms with van der Waals surface area (Å²) in [6, 6.07) is 9.28. The smallest absolute Gasteiger partial charge is 0.268 e. The molecule has 0 atom stereocenters. The fraction of sp³-hybridized carbons (Fsp3) is 0.0952. The zero-order chi connectivity index (χ0) is 25.2. The average molecular weight is 502 g/mol. The number of hydrogen-bond acceptors (Lipinski definition) is 5. The van der Waals surface area contributed by atoms with Crippen molar-refractivity contribution in [1.82, 2.24) is 0 Å². The third kappa shape index (κ3) is 4.59. The van der Waals surface area contributed by atoms with Crippen LogP contribution >= 0.6 is 0 Å². The van der Waals surface area contributed by atoms with Crippen LogP contribution in [0.15, 0.2) is 47.4 Å². The molecule has 0 aromatic heterocycles. The molecular weight excluding hydrogens is 487 g/mol. The van der Waals surface area contributed by atoms with Crippen molar-refractivity contribution in [2.24, 2.45) is 0 Å². The van der Waals surface area contributed by atoms with Gasteiger partial charge < -0.3 is 14.8 Å². The lowest BCUT2D eigenvalue weighted by Crippen LogP contribution is -2.22. The predicted molar refractivity (Wildman–Crippen MR) is 111 cm³/mol. The van der Waals surface area contributed by atoms with Crippen molar-refractivity contribution in [3.8, 4) is 11.5 Å². The Morgan fingerprint density at radius 2 is 1.38 bits per heavy atom. The van der Waals surface area contributed by atoms with Gasteiger partial charge in [0.05, 0.1) is 31.2 Å². The maximum atomic E-state index is 14.0. The molecule has 0 aliphatic rings. The zero-order valence-electron chi connectivity index (χ0n) is 17.4. The summed E-state index contributed by atoms with van der Waals surface area (Å²) >= 11 is 0. The van der Waals surface area contributed by atoms with Gasteiger partial charge in [-0.05, 0) is 24.3 Å². The molecule has 0 aliphatic carbocycles. The van der Waals surface area contributed by atoms with Gasteiger partial charge in [0.25, 0.3) is 15.9 Å². The van der Waals surface area contributed by atoms with Gasteiger partial charge in [-0.3, -0.25) is 9.52 Å². The maximum Gasteiger partial charge on any atom is 0.268 e. The summed E-state index contributed by atoms with van der Waals surface area (Å²) < 4.78 is 105. The molecule has 0 saturated carbocycles. The quantitative estimate of drug-likeness (QED) is 0.283. The molecule has 0 heterocycles. The van der Waals surface area contributed by atoms with Gasteiger partial charge in [0.1, 0.15) is 11.5 Å². The second kappa shape index (κ2) is 9.55. The van der Waals surface area contributed by atoms with E-state index in [1.165, 1.54) is 50.6 Å². The summed E-state index contributed by atoms with van der Waals surface area (Å²) in [5.74, 6) is -12.7. The highest BCUT2D eigenvalue weighted by Crippen LogP contribution is 2.31. The minimum absolute atomic E-state index is 0.172. The highest BCUT2D eigenvalue weighted by atomic mass is 32.2. The number of benzene rings is 3. The highest BCUT2D eigenvalue weighted by molar-refractivity contribution is 7.92. The van der Waals surface area contributed by atoms with Gasteiger partial charge in [-0.15, -0.1) is 0 Å². The van der Waals surface area contributed by atoms with E-state index in [-0.39, 0.29) is 17.0 Å². The van der Waals surface area contributed by atoms with E-state index in [2.05, 4.69) is 5.32 Å². The molecule has 0 saturated heterocycles. The van der Waals surface area contributed by atoms with Crippen molar-refractivity contribution in [3.63, 3.8) is 0 Å². The van der Waals surface area contributed by atoms with Gasteiger partial charge in [0.2, 0.25) is 5.82 Å². The molecule has 0 fully saturated rings. The molecule has 0 aliphatic heterocycles. The number of para-hydroxylation sites is 1. The first-order valence-electron chi connectivity index (χ1n) is 9.18. The molecule has 0 unspecified atom stereocenters. The number of carbonyl (C=O) groups is 1. The van der Waals surface area contributed by atoms with E-state index in [0.717, 1.165) is 6.07 Å². The fourth-order valence-corrected chi connectivity index (χ4v) is 4.10. The Morgan fingerprint density at radius 1 is 0.794 bits per heavy atom. The molecule has 13 heteroatoms. The average Bonchev–Trinajstić information content (AvgIpc) is 2.81. The van der Waals surface area contributed by atoms with Gasteiger partial charge >= 0.3 is 0 Å². The second-order valence-electron chi connectivity index (χ2n) is 6.57. The van der Waals surface area contributed by atoms with Gasteiger partial charge in [-0.2, -0.15) is 0 Å². The van der Waals surface area contributed by atoms with Crippen LogP contribution in [-0.2, 0) is 10.0 Å². The number of methoxy groups -OCH3 is 2. The number of rotatable bonds is 7. The molecule has 180 valence electrons. The van der Waals surface area contributed by atoms with Crippen LogP contribution in [0.4, 0.5) is 33.3 Å². The molecular formula is C21H15F5N2O5S. The predicted octanol–water partition coefficient (Wildman–Crippen LogP) is 4.45. The third-order valence-corrected chi connectivity index (χ3v) is 5.90. The maximum absolute atomic E-state index is 14.0. The van der Waals surface area contributed by atoms with Crippen LogP contribution in [0.5, 0.6) is 11.5 Å². The molecule has 3 aromatic carbocycles. The van der Waals surface area contributed by atoms with E-state index in [1.54, 1.807) is 4.72 Å². The first-order chi connectivity index (χ1) is 16.0. The number of carbonyl (C=O) groups excluding carboxylic acids is 1. The number of anilines is 2. The summed E-state index contributed by atoms with van der Waals surface area (Å²) in [7, 11) is -2.61. The first-order valence-corrected chi connectivity index (χ1v) is 10.7. The van der Waals surface area contributed by atoms with E-state index in [0.29, 0.717) is 5.75 Å². The SMILES string of the molecule is COc1ccc(NC(=O)c2ccccc2NS(=O)(=O)c2c(F)c(F)c(F)c(F)c2F)c(OC)c1. The Bertz CT molecular complexity index is 1350. The van der Waals surface area contributed by atoms with Crippen LogP contribution in [0.1, 0.15) is 10.4 Å². The van der Waals surface area contributed by atoms with Crippen LogP contribution in [0.3, 0.4) is 0 Å². The van der Waals surface area contributed by atoms with Crippen molar-refractivity contribution in [2.45, 2.75) is 4.90 Å². The molecule has 0 bridgehead atoms. The minimum atomic E-state index is -5.36. The van der Waals surface area contributed by atoms with Gasteiger partial charge in [-0.1, -0.05) is 12.1 Å². The molecule has 3 aromatic rings. The van der Waals surface area contributed by atoms with Crippen LogP contribution in [0.25, 0.3) is 0 Å². The van der Waals surface area contributed by atoms with Crippen molar-refractivity contribution in [3.05, 3.63) is 77.1 Å². The van der Waals surface area contributed by atoms with Crippen LogP contribution in [-0.4, -0.2) is 28.5 Å². The number of ether oxygens (including phenoxy) is 2. The van der Waals surface area contributed by atoms with E-state index in [9.17, 15) is 35.2 Å². The second-order valence-corrected chi connectivity index (χ2v) is 8.19. The van der Waals surface area contributed by atoms with Crippen molar-refractivity contribution < 1.29 is 44.6 Å². The van der Waals surface area contributed by atoms with Gasteiger partial charge in [0.15, 0.2) is 28.2 Å². The lowest BCUT2D eigenvalue weighted by molar-refractivity contribution is 0.102. The molecule has 7 nitrogen and oxygen atoms in total. The van der Waals surface area contributed by atoms with E-state index in [1.807, 2.05) is 0 Å². The Balaban J connectivity index is 1.99.